The van der Waals surface area contributed by atoms with Crippen molar-refractivity contribution in [3.63, 3.8) is 0 Å². The van der Waals surface area contributed by atoms with Crippen LogP contribution in [0.5, 0.6) is 0 Å². The molecule has 7 nitrogen and oxygen atoms in total. The number of nitrogens with zero attached hydrogens (tertiary/aromatic N) is 3. The molecular weight excluding hydrogens is 366 g/mol. The second kappa shape index (κ2) is 7.97. The van der Waals surface area contributed by atoms with Gasteiger partial charge in [0.2, 0.25) is 0 Å². The molecule has 1 radical (unpaired) electrons. The third kappa shape index (κ3) is 3.95. The summed E-state index contributed by atoms with van der Waals surface area (Å²) in [6.45, 7) is 4.99. The van der Waals surface area contributed by atoms with Crippen molar-refractivity contribution in [2.24, 2.45) is 7.05 Å². The number of rotatable bonds is 4. The van der Waals surface area contributed by atoms with E-state index in [9.17, 15) is 4.79 Å². The zero-order valence-corrected chi connectivity index (χ0v) is 16.6. The molecule has 3 aromatic rings. The number of nitrogens with two attached hydrogens (primary N) is 1. The summed E-state index contributed by atoms with van der Waals surface area (Å²) in [5, 5.41) is 3.14. The molecule has 29 heavy (non-hydrogen) atoms. The molecule has 0 atom stereocenters. The third-order valence-electron chi connectivity index (χ3n) is 5.05. The Kier molecular flexibility index (Phi) is 5.22. The van der Waals surface area contributed by atoms with Gasteiger partial charge in [-0.15, -0.1) is 0 Å². The van der Waals surface area contributed by atoms with Crippen molar-refractivity contribution in [1.29, 1.82) is 0 Å². The van der Waals surface area contributed by atoms with Crippen molar-refractivity contribution in [2.75, 3.05) is 42.3 Å². The molecule has 1 saturated heterocycles. The molecule has 1 fully saturated rings. The normalized spacial score (nSPS) is 14.1. The Bertz CT molecular complexity index is 1090. The minimum atomic E-state index is -0.206. The summed E-state index contributed by atoms with van der Waals surface area (Å²) < 4.78 is 6.93. The highest BCUT2D eigenvalue weighted by Gasteiger charge is 2.15. The molecule has 1 aliphatic heterocycles. The summed E-state index contributed by atoms with van der Waals surface area (Å²) in [4.78, 5) is 19.4. The summed E-state index contributed by atoms with van der Waals surface area (Å²) >= 11 is 0. The van der Waals surface area contributed by atoms with Crippen molar-refractivity contribution in [3.8, 4) is 11.3 Å². The van der Waals surface area contributed by atoms with Crippen LogP contribution in [0.1, 0.15) is 5.56 Å². The first-order valence-electron chi connectivity index (χ1n) is 9.57. The molecule has 3 N–H and O–H groups in total. The Labute approximate surface area is 169 Å². The van der Waals surface area contributed by atoms with Crippen LogP contribution in [-0.2, 0) is 11.8 Å². The molecule has 1 aromatic heterocycles. The fourth-order valence-corrected chi connectivity index (χ4v) is 3.48. The molecule has 2 aromatic carbocycles. The first-order chi connectivity index (χ1) is 14.0. The van der Waals surface area contributed by atoms with Gasteiger partial charge in [0.15, 0.2) is 5.82 Å². The largest absolute Gasteiger partial charge is 0.397 e. The van der Waals surface area contributed by atoms with Gasteiger partial charge in [-0.05, 0) is 36.8 Å². The molecule has 149 valence electrons. The van der Waals surface area contributed by atoms with Crippen LogP contribution in [-0.4, -0.2) is 35.9 Å². The molecule has 2 heterocycles. The van der Waals surface area contributed by atoms with E-state index in [4.69, 9.17) is 10.5 Å². The van der Waals surface area contributed by atoms with Gasteiger partial charge in [-0.25, -0.2) is 4.98 Å². The van der Waals surface area contributed by atoms with Crippen LogP contribution in [0.3, 0.4) is 0 Å². The fourth-order valence-electron chi connectivity index (χ4n) is 3.48. The number of hydrogen-bond acceptors (Lipinski definition) is 6. The van der Waals surface area contributed by atoms with Crippen LogP contribution < -0.4 is 21.5 Å². The number of anilines is 4. The van der Waals surface area contributed by atoms with E-state index in [0.717, 1.165) is 35.6 Å². The van der Waals surface area contributed by atoms with Crippen molar-refractivity contribution in [1.82, 2.24) is 9.55 Å². The van der Waals surface area contributed by atoms with Crippen molar-refractivity contribution in [3.05, 3.63) is 64.6 Å². The lowest BCUT2D eigenvalue weighted by Crippen LogP contribution is -2.36. The van der Waals surface area contributed by atoms with E-state index in [2.05, 4.69) is 21.3 Å². The number of aryl methyl sites for hydroxylation is 2. The van der Waals surface area contributed by atoms with Gasteiger partial charge < -0.3 is 25.3 Å². The Balaban J connectivity index is 1.65. The minimum Gasteiger partial charge on any atom is -0.397 e. The van der Waals surface area contributed by atoms with Crippen LogP contribution >= 0.6 is 0 Å². The standard InChI is InChI=1S/C22H24N5O2/c1-15-5-3-4-6-17(15)19-14-26(2)22(28)21(25-19)24-16-7-8-20(18(23)13-16)27-9-11-29-12-10-27/h3-4,6-8,13-14H,9-12,23H2,1-2H3,(H,24,25). The van der Waals surface area contributed by atoms with E-state index in [-0.39, 0.29) is 11.4 Å². The number of aromatic nitrogens is 2. The predicted octanol–water partition coefficient (Wildman–Crippen LogP) is 2.72. The first-order valence-corrected chi connectivity index (χ1v) is 9.57. The molecule has 0 spiro atoms. The van der Waals surface area contributed by atoms with E-state index in [1.54, 1.807) is 13.2 Å². The van der Waals surface area contributed by atoms with E-state index in [1.165, 1.54) is 4.57 Å². The molecule has 0 unspecified atom stereocenters. The van der Waals surface area contributed by atoms with Crippen LogP contribution in [0.2, 0.25) is 0 Å². The smallest absolute Gasteiger partial charge is 0.293 e. The average molecular weight is 390 g/mol. The van der Waals surface area contributed by atoms with Gasteiger partial charge >= 0.3 is 0 Å². The highest BCUT2D eigenvalue weighted by molar-refractivity contribution is 5.75. The van der Waals surface area contributed by atoms with Crippen LogP contribution in [0.15, 0.2) is 47.4 Å². The van der Waals surface area contributed by atoms with Crippen molar-refractivity contribution >= 4 is 22.9 Å². The van der Waals surface area contributed by atoms with Gasteiger partial charge in [-0.2, -0.15) is 0 Å². The first kappa shape index (κ1) is 19.0. The lowest BCUT2D eigenvalue weighted by atomic mass is 10.1. The van der Waals surface area contributed by atoms with Crippen LogP contribution in [0, 0.1) is 13.0 Å². The molecule has 0 bridgehead atoms. The van der Waals surface area contributed by atoms with E-state index < -0.39 is 0 Å². The Morgan fingerprint density at radius 1 is 1.24 bits per heavy atom. The van der Waals surface area contributed by atoms with Crippen LogP contribution in [0.25, 0.3) is 11.3 Å². The van der Waals surface area contributed by atoms with Gasteiger partial charge in [0, 0.05) is 37.6 Å². The maximum Gasteiger partial charge on any atom is 0.293 e. The molecule has 0 amide bonds. The maximum atomic E-state index is 12.6. The summed E-state index contributed by atoms with van der Waals surface area (Å²) in [6, 6.07) is 14.6. The van der Waals surface area contributed by atoms with Gasteiger partial charge in [0.05, 0.1) is 30.3 Å². The minimum absolute atomic E-state index is 0.206. The van der Waals surface area contributed by atoms with E-state index in [1.807, 2.05) is 43.3 Å². The van der Waals surface area contributed by atoms with E-state index >= 15 is 0 Å². The Morgan fingerprint density at radius 2 is 2.03 bits per heavy atom. The zero-order chi connectivity index (χ0) is 20.4. The van der Waals surface area contributed by atoms with Crippen molar-refractivity contribution in [2.45, 2.75) is 6.92 Å². The molecule has 0 aliphatic carbocycles. The average Bonchev–Trinajstić information content (AvgIpc) is 2.72. The highest BCUT2D eigenvalue weighted by atomic mass is 16.5. The third-order valence-corrected chi connectivity index (χ3v) is 5.05. The number of morpholine rings is 1. The van der Waals surface area contributed by atoms with Gasteiger partial charge in [0.1, 0.15) is 0 Å². The second-order valence-corrected chi connectivity index (χ2v) is 7.10. The quantitative estimate of drug-likeness (QED) is 0.667. The molecular formula is C22H24N5O2. The molecule has 1 aliphatic rings. The number of ether oxygens (including phenoxy) is 1. The number of hydrogen-bond donors (Lipinski definition) is 2. The molecule has 4 rings (SSSR count). The topological polar surface area (TPSA) is 85.4 Å². The Hall–Kier alpha value is -3.32. The lowest BCUT2D eigenvalue weighted by Gasteiger charge is -2.30. The predicted molar refractivity (Wildman–Crippen MR) is 116 cm³/mol. The maximum absolute atomic E-state index is 12.6. The number of nitrogen functional groups attached to an aromatic ring is 1. The van der Waals surface area contributed by atoms with Crippen LogP contribution in [0.4, 0.5) is 22.9 Å². The molecule has 0 saturated carbocycles. The summed E-state index contributed by atoms with van der Waals surface area (Å²) in [7, 11) is 1.72. The van der Waals surface area contributed by atoms with E-state index in [0.29, 0.717) is 24.6 Å². The number of benzene rings is 2. The SMILES string of the molecule is Cc1[c]cccc1-c1cn(C)c(=O)c(Nc2ccc(N3CCOCC3)c(N)c2)n1. The highest BCUT2D eigenvalue weighted by Crippen LogP contribution is 2.28. The second-order valence-electron chi connectivity index (χ2n) is 7.10. The lowest BCUT2D eigenvalue weighted by molar-refractivity contribution is 0.123. The Morgan fingerprint density at radius 3 is 2.76 bits per heavy atom. The van der Waals surface area contributed by atoms with Gasteiger partial charge in [0.25, 0.3) is 5.56 Å². The van der Waals surface area contributed by atoms with Gasteiger partial charge in [-0.1, -0.05) is 18.2 Å². The summed E-state index contributed by atoms with van der Waals surface area (Å²) in [6.07, 6.45) is 1.74. The van der Waals surface area contributed by atoms with Gasteiger partial charge in [-0.3, -0.25) is 4.79 Å². The monoisotopic (exact) mass is 390 g/mol. The summed E-state index contributed by atoms with van der Waals surface area (Å²) in [5.74, 6) is 0.256. The van der Waals surface area contributed by atoms with Crippen molar-refractivity contribution < 1.29 is 4.74 Å². The molecule has 7 heteroatoms. The number of nitrogens with one attached hydrogen (secondary N) is 1. The fraction of sp³-hybridized carbons (Fsp3) is 0.273. The zero-order valence-electron chi connectivity index (χ0n) is 16.6. The summed E-state index contributed by atoms with van der Waals surface area (Å²) in [5.41, 5.74) is 11.0.